The molecule has 1 fully saturated rings. The standard InChI is InChI=1S/C29H26FN3O2S/c1-33-27(18-8-12-24(30)13-9-18)17-26(31-33)20-7-6-19-15-22-10-11-23(16-21(19)14-20)29(22)25-4-2-3-5-28(25)36(34,35)32-29/h2-9,12-14,17,22-23,32H,10-11,15-16H2,1H3/t22-,23+,29-/m1/s1. The zero-order valence-electron chi connectivity index (χ0n) is 19.9. The van der Waals surface area contributed by atoms with Crippen LogP contribution in [0.4, 0.5) is 4.39 Å². The molecule has 2 bridgehead atoms. The van der Waals surface area contributed by atoms with Gasteiger partial charge in [-0.05, 0) is 102 Å². The lowest BCUT2D eigenvalue weighted by atomic mass is 9.74. The summed E-state index contributed by atoms with van der Waals surface area (Å²) in [6, 6.07) is 22.6. The first-order valence-electron chi connectivity index (χ1n) is 12.4. The van der Waals surface area contributed by atoms with E-state index in [2.05, 4.69) is 22.9 Å². The molecule has 3 atom stereocenters. The number of rotatable bonds is 2. The maximum atomic E-state index is 13.4. The molecule has 7 heteroatoms. The number of hydrogen-bond acceptors (Lipinski definition) is 3. The molecule has 182 valence electrons. The van der Waals surface area contributed by atoms with Crippen molar-refractivity contribution < 1.29 is 12.8 Å². The van der Waals surface area contributed by atoms with E-state index >= 15 is 0 Å². The first-order valence-corrected chi connectivity index (χ1v) is 13.9. The zero-order chi connectivity index (χ0) is 24.7. The number of benzene rings is 3. The van der Waals surface area contributed by atoms with E-state index in [4.69, 9.17) is 5.10 Å². The summed E-state index contributed by atoms with van der Waals surface area (Å²) in [6.07, 6.45) is 3.70. The second-order valence-electron chi connectivity index (χ2n) is 10.4. The largest absolute Gasteiger partial charge is 0.267 e. The van der Waals surface area contributed by atoms with Crippen molar-refractivity contribution in [2.75, 3.05) is 0 Å². The van der Waals surface area contributed by atoms with Crippen LogP contribution in [-0.4, -0.2) is 18.2 Å². The van der Waals surface area contributed by atoms with Crippen molar-refractivity contribution in [1.29, 1.82) is 0 Å². The first-order chi connectivity index (χ1) is 17.3. The molecule has 4 aromatic rings. The van der Waals surface area contributed by atoms with Crippen LogP contribution >= 0.6 is 0 Å². The monoisotopic (exact) mass is 499 g/mol. The number of aromatic nitrogens is 2. The average molecular weight is 500 g/mol. The second kappa shape index (κ2) is 7.60. The molecular formula is C29H26FN3O2S. The second-order valence-corrected chi connectivity index (χ2v) is 12.0. The van der Waals surface area contributed by atoms with Gasteiger partial charge in [0.2, 0.25) is 10.0 Å². The van der Waals surface area contributed by atoms with Crippen LogP contribution < -0.4 is 4.72 Å². The Hall–Kier alpha value is -3.29. The maximum absolute atomic E-state index is 13.4. The minimum absolute atomic E-state index is 0.205. The third-order valence-corrected chi connectivity index (χ3v) is 10.1. The fourth-order valence-corrected chi connectivity index (χ4v) is 8.69. The minimum Gasteiger partial charge on any atom is -0.267 e. The van der Waals surface area contributed by atoms with Gasteiger partial charge >= 0.3 is 0 Å². The van der Waals surface area contributed by atoms with Crippen LogP contribution in [0.2, 0.25) is 0 Å². The molecule has 1 saturated carbocycles. The van der Waals surface area contributed by atoms with Crippen molar-refractivity contribution in [2.45, 2.75) is 36.1 Å². The van der Waals surface area contributed by atoms with Gasteiger partial charge in [0.05, 0.1) is 21.8 Å². The fourth-order valence-electron chi connectivity index (χ4n) is 6.90. The van der Waals surface area contributed by atoms with E-state index in [1.54, 1.807) is 18.2 Å². The Labute approximate surface area is 210 Å². The van der Waals surface area contributed by atoms with Gasteiger partial charge in [-0.15, -0.1) is 0 Å². The van der Waals surface area contributed by atoms with Crippen LogP contribution in [-0.2, 0) is 35.5 Å². The van der Waals surface area contributed by atoms with Gasteiger partial charge in [0.1, 0.15) is 5.82 Å². The highest BCUT2D eigenvalue weighted by atomic mass is 32.2. The predicted molar refractivity (Wildman–Crippen MR) is 136 cm³/mol. The van der Waals surface area contributed by atoms with E-state index in [9.17, 15) is 12.8 Å². The average Bonchev–Trinajstić information content (AvgIpc) is 3.44. The third kappa shape index (κ3) is 3.09. The summed E-state index contributed by atoms with van der Waals surface area (Å²) in [4.78, 5) is 0.440. The van der Waals surface area contributed by atoms with E-state index < -0.39 is 15.6 Å². The summed E-state index contributed by atoms with van der Waals surface area (Å²) in [5.74, 6) is 0.176. The Morgan fingerprint density at radius 1 is 0.917 bits per heavy atom. The van der Waals surface area contributed by atoms with Gasteiger partial charge < -0.3 is 0 Å². The highest BCUT2D eigenvalue weighted by Crippen LogP contribution is 2.57. The van der Waals surface area contributed by atoms with Crippen molar-refractivity contribution in [3.05, 3.63) is 95.3 Å². The summed E-state index contributed by atoms with van der Waals surface area (Å²) in [5, 5.41) is 4.75. The van der Waals surface area contributed by atoms with Gasteiger partial charge in [-0.1, -0.05) is 30.3 Å². The molecule has 2 heterocycles. The summed E-state index contributed by atoms with van der Waals surface area (Å²) in [5.41, 5.74) is 6.73. The zero-order valence-corrected chi connectivity index (χ0v) is 20.7. The van der Waals surface area contributed by atoms with Crippen LogP contribution in [0.25, 0.3) is 22.5 Å². The van der Waals surface area contributed by atoms with E-state index in [0.717, 1.165) is 53.8 Å². The molecule has 0 amide bonds. The molecule has 0 radical (unpaired) electrons. The molecule has 1 aromatic heterocycles. The SMILES string of the molecule is Cn1nc(-c2ccc3c(c2)C[C@@H]2CC[C@H](C3)[C@@]23NS(=O)(=O)c2ccccc23)cc1-c1ccc(F)cc1. The fraction of sp³-hybridized carbons (Fsp3) is 0.276. The number of fused-ring (bicyclic) bond motifs is 2. The van der Waals surface area contributed by atoms with Crippen LogP contribution in [0.1, 0.15) is 29.5 Å². The number of aryl methyl sites for hydroxylation is 1. The molecule has 3 aromatic carbocycles. The van der Waals surface area contributed by atoms with Crippen molar-refractivity contribution >= 4 is 10.0 Å². The van der Waals surface area contributed by atoms with Gasteiger partial charge in [-0.25, -0.2) is 12.8 Å². The number of nitrogens with one attached hydrogen (secondary N) is 1. The van der Waals surface area contributed by atoms with Crippen LogP contribution in [0.5, 0.6) is 0 Å². The molecule has 7 rings (SSSR count). The molecule has 1 spiro atoms. The lowest BCUT2D eigenvalue weighted by Gasteiger charge is -2.35. The smallest absolute Gasteiger partial charge is 0.241 e. The van der Waals surface area contributed by atoms with Crippen LogP contribution in [0, 0.1) is 17.7 Å². The van der Waals surface area contributed by atoms with E-state index in [1.165, 1.54) is 23.3 Å². The maximum Gasteiger partial charge on any atom is 0.241 e. The summed E-state index contributed by atoms with van der Waals surface area (Å²) >= 11 is 0. The summed E-state index contributed by atoms with van der Waals surface area (Å²) in [6.45, 7) is 0. The molecule has 36 heavy (non-hydrogen) atoms. The third-order valence-electron chi connectivity index (χ3n) is 8.53. The van der Waals surface area contributed by atoms with Gasteiger partial charge in [0.25, 0.3) is 0 Å². The molecule has 0 unspecified atom stereocenters. The van der Waals surface area contributed by atoms with Crippen molar-refractivity contribution in [3.8, 4) is 22.5 Å². The number of halogens is 1. The molecule has 3 aliphatic rings. The molecule has 5 nitrogen and oxygen atoms in total. The lowest BCUT2D eigenvalue weighted by Crippen LogP contribution is -2.47. The number of nitrogens with zero attached hydrogens (tertiary/aromatic N) is 2. The Morgan fingerprint density at radius 3 is 2.39 bits per heavy atom. The Balaban J connectivity index is 1.27. The van der Waals surface area contributed by atoms with Gasteiger partial charge in [0, 0.05) is 12.6 Å². The van der Waals surface area contributed by atoms with Gasteiger partial charge in [0.15, 0.2) is 0 Å². The highest BCUT2D eigenvalue weighted by Gasteiger charge is 2.59. The summed E-state index contributed by atoms with van der Waals surface area (Å²) < 4.78 is 44.6. The molecular weight excluding hydrogens is 473 g/mol. The molecule has 1 aliphatic heterocycles. The van der Waals surface area contributed by atoms with Crippen molar-refractivity contribution in [1.82, 2.24) is 14.5 Å². The molecule has 2 aliphatic carbocycles. The Morgan fingerprint density at radius 2 is 1.61 bits per heavy atom. The van der Waals surface area contributed by atoms with E-state index in [0.29, 0.717) is 4.90 Å². The van der Waals surface area contributed by atoms with Crippen LogP contribution in [0.3, 0.4) is 0 Å². The number of sulfonamides is 1. The van der Waals surface area contributed by atoms with E-state index in [-0.39, 0.29) is 17.7 Å². The minimum atomic E-state index is -3.51. The Bertz CT molecular complexity index is 1630. The number of hydrogen-bond donors (Lipinski definition) is 1. The topological polar surface area (TPSA) is 64.0 Å². The van der Waals surface area contributed by atoms with E-state index in [1.807, 2.05) is 36.0 Å². The summed E-state index contributed by atoms with van der Waals surface area (Å²) in [7, 11) is -1.61. The molecule has 0 saturated heterocycles. The quantitative estimate of drug-likeness (QED) is 0.412. The van der Waals surface area contributed by atoms with Gasteiger partial charge in [-0.2, -0.15) is 9.82 Å². The molecule has 1 N–H and O–H groups in total. The normalized spacial score (nSPS) is 25.5. The van der Waals surface area contributed by atoms with Crippen LogP contribution in [0.15, 0.2) is 77.7 Å². The van der Waals surface area contributed by atoms with Crippen molar-refractivity contribution in [3.63, 3.8) is 0 Å². The Kier molecular flexibility index (Phi) is 4.64. The predicted octanol–water partition coefficient (Wildman–Crippen LogP) is 5.21. The lowest BCUT2D eigenvalue weighted by molar-refractivity contribution is 0.232. The highest BCUT2D eigenvalue weighted by molar-refractivity contribution is 7.89. The van der Waals surface area contributed by atoms with Crippen molar-refractivity contribution in [2.24, 2.45) is 18.9 Å². The van der Waals surface area contributed by atoms with Gasteiger partial charge in [-0.3, -0.25) is 4.68 Å². The first kappa shape index (κ1) is 21.9.